The number of hydrogen-bond acceptors (Lipinski definition) is 5. The molecule has 1 heterocycles. The Hall–Kier alpha value is -3.71. The first kappa shape index (κ1) is 28.3. The van der Waals surface area contributed by atoms with Gasteiger partial charge in [0.1, 0.15) is 11.3 Å². The second-order valence-corrected chi connectivity index (χ2v) is 11.9. The lowest BCUT2D eigenvalue weighted by molar-refractivity contribution is -0.137. The van der Waals surface area contributed by atoms with E-state index in [1.54, 1.807) is 12.1 Å². The first-order valence-electron chi connectivity index (χ1n) is 13.4. The SMILES string of the molecule is CC1(C)CCC(C)(C)c2c(C3=CCN(CCC(=O)O)CC3)cc(C(=O)C=Cc3ccc(C(=O)O)c(O)c3)cc21. The van der Waals surface area contributed by atoms with Gasteiger partial charge in [-0.2, -0.15) is 0 Å². The number of fused-ring (bicyclic) bond motifs is 1. The number of aromatic carboxylic acids is 1. The number of nitrogens with zero attached hydrogens (tertiary/aromatic N) is 1. The number of aromatic hydroxyl groups is 1. The highest BCUT2D eigenvalue weighted by Crippen LogP contribution is 2.49. The van der Waals surface area contributed by atoms with Crippen LogP contribution in [0.3, 0.4) is 0 Å². The lowest BCUT2D eigenvalue weighted by Gasteiger charge is -2.44. The Morgan fingerprint density at radius 3 is 2.33 bits per heavy atom. The van der Waals surface area contributed by atoms with Gasteiger partial charge in [-0.1, -0.05) is 45.9 Å². The summed E-state index contributed by atoms with van der Waals surface area (Å²) in [5.41, 5.74) is 5.55. The number of carbonyl (C=O) groups excluding carboxylic acids is 1. The molecule has 0 aromatic heterocycles. The molecule has 39 heavy (non-hydrogen) atoms. The van der Waals surface area contributed by atoms with Crippen molar-refractivity contribution in [1.29, 1.82) is 0 Å². The quantitative estimate of drug-likeness (QED) is 0.287. The maximum atomic E-state index is 13.4. The Labute approximate surface area is 229 Å². The molecule has 0 saturated carbocycles. The van der Waals surface area contributed by atoms with Crippen molar-refractivity contribution in [2.75, 3.05) is 19.6 Å². The predicted octanol–water partition coefficient (Wildman–Crippen LogP) is 5.90. The van der Waals surface area contributed by atoms with Gasteiger partial charge in [-0.25, -0.2) is 4.79 Å². The minimum Gasteiger partial charge on any atom is -0.507 e. The van der Waals surface area contributed by atoms with Gasteiger partial charge in [0.15, 0.2) is 5.78 Å². The largest absolute Gasteiger partial charge is 0.507 e. The zero-order valence-corrected chi connectivity index (χ0v) is 23.1. The molecule has 0 fully saturated rings. The molecule has 1 aliphatic carbocycles. The summed E-state index contributed by atoms with van der Waals surface area (Å²) in [7, 11) is 0. The van der Waals surface area contributed by atoms with Crippen molar-refractivity contribution < 1.29 is 29.7 Å². The van der Waals surface area contributed by atoms with Crippen molar-refractivity contribution in [3.8, 4) is 5.75 Å². The first-order valence-corrected chi connectivity index (χ1v) is 13.4. The molecular formula is C32H37NO6. The molecule has 206 valence electrons. The topological polar surface area (TPSA) is 115 Å². The second kappa shape index (κ2) is 10.8. The normalized spacial score (nSPS) is 18.4. The van der Waals surface area contributed by atoms with E-state index in [1.807, 2.05) is 12.1 Å². The average molecular weight is 532 g/mol. The average Bonchev–Trinajstić information content (AvgIpc) is 2.88. The summed E-state index contributed by atoms with van der Waals surface area (Å²) in [6.45, 7) is 10.9. The van der Waals surface area contributed by atoms with Gasteiger partial charge < -0.3 is 15.3 Å². The van der Waals surface area contributed by atoms with Crippen LogP contribution in [-0.2, 0) is 15.6 Å². The van der Waals surface area contributed by atoms with Crippen LogP contribution in [-0.4, -0.2) is 57.6 Å². The fourth-order valence-electron chi connectivity index (χ4n) is 5.70. The zero-order chi connectivity index (χ0) is 28.5. The first-order chi connectivity index (χ1) is 18.3. The Kier molecular flexibility index (Phi) is 7.84. The molecule has 2 aliphatic rings. The molecule has 7 nitrogen and oxygen atoms in total. The highest BCUT2D eigenvalue weighted by molar-refractivity contribution is 6.07. The maximum Gasteiger partial charge on any atom is 0.339 e. The highest BCUT2D eigenvalue weighted by atomic mass is 16.4. The van der Waals surface area contributed by atoms with Gasteiger partial charge in [-0.3, -0.25) is 14.5 Å². The van der Waals surface area contributed by atoms with Crippen LogP contribution in [0.5, 0.6) is 5.75 Å². The van der Waals surface area contributed by atoms with E-state index in [9.17, 15) is 19.5 Å². The molecule has 0 spiro atoms. The van der Waals surface area contributed by atoms with Gasteiger partial charge in [0.2, 0.25) is 0 Å². The minimum atomic E-state index is -1.21. The van der Waals surface area contributed by atoms with E-state index in [0.29, 0.717) is 24.2 Å². The lowest BCUT2D eigenvalue weighted by Crippen LogP contribution is -2.36. The van der Waals surface area contributed by atoms with Crippen LogP contribution < -0.4 is 0 Å². The Morgan fingerprint density at radius 2 is 1.72 bits per heavy atom. The predicted molar refractivity (Wildman–Crippen MR) is 151 cm³/mol. The summed E-state index contributed by atoms with van der Waals surface area (Å²) in [5, 5.41) is 28.2. The summed E-state index contributed by atoms with van der Waals surface area (Å²) >= 11 is 0. The molecule has 0 atom stereocenters. The van der Waals surface area contributed by atoms with Crippen molar-refractivity contribution in [2.24, 2.45) is 0 Å². The Morgan fingerprint density at radius 1 is 1.00 bits per heavy atom. The monoisotopic (exact) mass is 531 g/mol. The van der Waals surface area contributed by atoms with Crippen molar-refractivity contribution in [1.82, 2.24) is 4.90 Å². The van der Waals surface area contributed by atoms with E-state index in [0.717, 1.165) is 31.4 Å². The van der Waals surface area contributed by atoms with E-state index in [1.165, 1.54) is 34.9 Å². The van der Waals surface area contributed by atoms with Gasteiger partial charge in [-0.05, 0) is 88.3 Å². The number of allylic oxidation sites excluding steroid dienone is 1. The summed E-state index contributed by atoms with van der Waals surface area (Å²) in [5.74, 6) is -2.53. The molecule has 0 amide bonds. The standard InChI is InChI=1S/C32H37NO6/c1-31(2)12-13-32(3,4)29-24(21-9-14-33(15-10-21)16-11-28(36)37)18-22(19-25(29)31)26(34)8-6-20-5-7-23(30(38)39)27(35)17-20/h5-9,17-19,35H,10-16H2,1-4H3,(H,36,37)(H,38,39). The molecule has 0 saturated heterocycles. The molecule has 7 heteroatoms. The third-order valence-electron chi connectivity index (χ3n) is 8.16. The molecule has 4 rings (SSSR count). The molecular weight excluding hydrogens is 494 g/mol. The second-order valence-electron chi connectivity index (χ2n) is 11.9. The van der Waals surface area contributed by atoms with Gasteiger partial charge in [-0.15, -0.1) is 0 Å². The fourth-order valence-corrected chi connectivity index (χ4v) is 5.70. The number of aliphatic carboxylic acids is 1. The van der Waals surface area contributed by atoms with Crippen LogP contribution in [0.1, 0.15) is 96.3 Å². The van der Waals surface area contributed by atoms with E-state index in [-0.39, 0.29) is 34.3 Å². The molecule has 0 radical (unpaired) electrons. The smallest absolute Gasteiger partial charge is 0.339 e. The van der Waals surface area contributed by atoms with Gasteiger partial charge in [0, 0.05) is 25.2 Å². The van der Waals surface area contributed by atoms with Crippen molar-refractivity contribution in [3.63, 3.8) is 0 Å². The number of carboxylic acid groups (broad SMARTS) is 2. The van der Waals surface area contributed by atoms with Crippen LogP contribution in [0, 0.1) is 0 Å². The van der Waals surface area contributed by atoms with Crippen LogP contribution >= 0.6 is 0 Å². The van der Waals surface area contributed by atoms with Gasteiger partial charge >= 0.3 is 11.9 Å². The van der Waals surface area contributed by atoms with Gasteiger partial charge in [0.05, 0.1) is 6.42 Å². The van der Waals surface area contributed by atoms with Gasteiger partial charge in [0.25, 0.3) is 0 Å². The number of hydrogen-bond donors (Lipinski definition) is 3. The number of ketones is 1. The number of carbonyl (C=O) groups is 3. The summed E-state index contributed by atoms with van der Waals surface area (Å²) in [4.78, 5) is 37.8. The molecule has 2 aromatic carbocycles. The number of carboxylic acids is 2. The lowest BCUT2D eigenvalue weighted by atomic mass is 9.61. The van der Waals surface area contributed by atoms with E-state index < -0.39 is 11.9 Å². The third kappa shape index (κ3) is 6.14. The number of benzene rings is 2. The Balaban J connectivity index is 1.72. The van der Waals surface area contributed by atoms with Crippen LogP contribution in [0.4, 0.5) is 0 Å². The highest BCUT2D eigenvalue weighted by Gasteiger charge is 2.40. The number of rotatable bonds is 8. The third-order valence-corrected chi connectivity index (χ3v) is 8.16. The summed E-state index contributed by atoms with van der Waals surface area (Å²) in [6, 6.07) is 8.23. The molecule has 0 unspecified atom stereocenters. The van der Waals surface area contributed by atoms with Crippen molar-refractivity contribution in [3.05, 3.63) is 75.9 Å². The van der Waals surface area contributed by atoms with Crippen molar-refractivity contribution in [2.45, 2.75) is 64.2 Å². The summed E-state index contributed by atoms with van der Waals surface area (Å²) in [6.07, 6.45) is 8.18. The number of phenols is 1. The molecule has 0 bridgehead atoms. The summed E-state index contributed by atoms with van der Waals surface area (Å²) < 4.78 is 0. The van der Waals surface area contributed by atoms with E-state index >= 15 is 0 Å². The van der Waals surface area contributed by atoms with E-state index in [2.05, 4.69) is 38.7 Å². The minimum absolute atomic E-state index is 0.0533. The van der Waals surface area contributed by atoms with Crippen molar-refractivity contribution >= 4 is 29.4 Å². The fraction of sp³-hybridized carbons (Fsp3) is 0.406. The van der Waals surface area contributed by atoms with E-state index in [4.69, 9.17) is 10.2 Å². The van der Waals surface area contributed by atoms with Crippen LogP contribution in [0.25, 0.3) is 11.6 Å². The molecule has 1 aliphatic heterocycles. The van der Waals surface area contributed by atoms with Crippen LogP contribution in [0.15, 0.2) is 42.5 Å². The zero-order valence-electron chi connectivity index (χ0n) is 23.1. The van der Waals surface area contributed by atoms with Crippen LogP contribution in [0.2, 0.25) is 0 Å². The Bertz CT molecular complexity index is 1380. The maximum absolute atomic E-state index is 13.4. The molecule has 2 aromatic rings. The molecule has 3 N–H and O–H groups in total.